The minimum absolute atomic E-state index is 0.00648. The summed E-state index contributed by atoms with van der Waals surface area (Å²) in [5, 5.41) is 11.8. The van der Waals surface area contributed by atoms with Crippen molar-refractivity contribution in [1.82, 2.24) is 15.1 Å². The summed E-state index contributed by atoms with van der Waals surface area (Å²) in [6.45, 7) is 4.49. The summed E-state index contributed by atoms with van der Waals surface area (Å²) < 4.78 is 5.77. The largest absolute Gasteiger partial charge is 0.481 e. The molecule has 7 nitrogen and oxygen atoms in total. The van der Waals surface area contributed by atoms with E-state index >= 15 is 0 Å². The number of amides is 1. The Hall–Kier alpha value is -3.61. The highest BCUT2D eigenvalue weighted by molar-refractivity contribution is 5.81. The molecule has 0 unspecified atom stereocenters. The topological polar surface area (TPSA) is 70.6 Å². The average Bonchev–Trinajstić information content (AvgIpc) is 2.80. The van der Waals surface area contributed by atoms with Crippen LogP contribution in [0.5, 0.6) is 5.75 Å². The number of hydrogen-bond donors (Lipinski definition) is 1. The molecule has 0 spiro atoms. The molecule has 1 amide bonds. The van der Waals surface area contributed by atoms with Gasteiger partial charge in [-0.2, -0.15) is 0 Å². The molecule has 0 bridgehead atoms. The molecule has 1 saturated heterocycles. The number of anilines is 3. The minimum Gasteiger partial charge on any atom is -0.481 e. The van der Waals surface area contributed by atoms with Gasteiger partial charge in [0.25, 0.3) is 5.91 Å². The van der Waals surface area contributed by atoms with Crippen molar-refractivity contribution in [3.05, 3.63) is 72.8 Å². The van der Waals surface area contributed by atoms with Crippen molar-refractivity contribution in [1.29, 1.82) is 0 Å². The maximum atomic E-state index is 12.7. The first-order chi connectivity index (χ1) is 14.7. The normalized spacial score (nSPS) is 14.8. The number of nitrogens with zero attached hydrogens (tertiary/aromatic N) is 4. The lowest BCUT2D eigenvalue weighted by molar-refractivity contribution is -0.138. The van der Waals surface area contributed by atoms with E-state index in [0.29, 0.717) is 37.7 Å². The summed E-state index contributed by atoms with van der Waals surface area (Å²) in [6, 6.07) is 23.2. The monoisotopic (exact) mass is 403 g/mol. The summed E-state index contributed by atoms with van der Waals surface area (Å²) >= 11 is 0. The predicted octanol–water partition coefficient (Wildman–Crippen LogP) is 3.34. The lowest BCUT2D eigenvalue weighted by Crippen LogP contribution is -2.52. The summed E-state index contributed by atoms with van der Waals surface area (Å²) in [5.74, 6) is 2.23. The average molecular weight is 403 g/mol. The lowest BCUT2D eigenvalue weighted by Gasteiger charge is -2.36. The van der Waals surface area contributed by atoms with Gasteiger partial charge in [-0.05, 0) is 43.3 Å². The van der Waals surface area contributed by atoms with Gasteiger partial charge in [-0.3, -0.25) is 4.79 Å². The summed E-state index contributed by atoms with van der Waals surface area (Å²) in [5.41, 5.74) is 0.971. The van der Waals surface area contributed by atoms with Crippen molar-refractivity contribution in [3.8, 4) is 5.75 Å². The van der Waals surface area contributed by atoms with Crippen LogP contribution in [-0.2, 0) is 4.79 Å². The van der Waals surface area contributed by atoms with Crippen LogP contribution in [0.1, 0.15) is 6.92 Å². The second kappa shape index (κ2) is 9.26. The summed E-state index contributed by atoms with van der Waals surface area (Å²) in [7, 11) is 0. The fourth-order valence-electron chi connectivity index (χ4n) is 3.40. The number of nitrogens with one attached hydrogen (secondary N) is 1. The molecule has 1 atom stereocenters. The van der Waals surface area contributed by atoms with E-state index in [9.17, 15) is 4.79 Å². The maximum absolute atomic E-state index is 12.7. The lowest BCUT2D eigenvalue weighted by atomic mass is 10.2. The molecule has 1 N–H and O–H groups in total. The van der Waals surface area contributed by atoms with Crippen molar-refractivity contribution in [2.24, 2.45) is 0 Å². The Bertz CT molecular complexity index is 942. The standard InChI is InChI=1S/C23H25N5O2/c1-18(30-20-10-6-3-7-11-20)23(29)28-16-14-27(15-17-28)22-13-12-21(25-26-22)24-19-8-4-2-5-9-19/h2-13,18H,14-17H2,1H3,(H,24,25)/t18-/m1/s1. The van der Waals surface area contributed by atoms with Crippen LogP contribution in [0.2, 0.25) is 0 Å². The smallest absolute Gasteiger partial charge is 0.263 e. The summed E-state index contributed by atoms with van der Waals surface area (Å²) in [4.78, 5) is 16.7. The van der Waals surface area contributed by atoms with E-state index in [1.807, 2.05) is 77.7 Å². The van der Waals surface area contributed by atoms with E-state index in [1.165, 1.54) is 0 Å². The third-order valence-corrected chi connectivity index (χ3v) is 5.02. The minimum atomic E-state index is -0.512. The van der Waals surface area contributed by atoms with Crippen LogP contribution >= 0.6 is 0 Å². The zero-order chi connectivity index (χ0) is 20.8. The first-order valence-corrected chi connectivity index (χ1v) is 10.1. The fraction of sp³-hybridized carbons (Fsp3) is 0.261. The SMILES string of the molecule is C[C@@H](Oc1ccccc1)C(=O)N1CCN(c2ccc(Nc3ccccc3)nn2)CC1. The number of carbonyl (C=O) groups excluding carboxylic acids is 1. The van der Waals surface area contributed by atoms with Crippen molar-refractivity contribution in [3.63, 3.8) is 0 Å². The van der Waals surface area contributed by atoms with Crippen LogP contribution in [0.3, 0.4) is 0 Å². The van der Waals surface area contributed by atoms with Crippen LogP contribution in [0.15, 0.2) is 72.8 Å². The van der Waals surface area contributed by atoms with E-state index < -0.39 is 6.10 Å². The number of aromatic nitrogens is 2. The quantitative estimate of drug-likeness (QED) is 0.681. The summed E-state index contributed by atoms with van der Waals surface area (Å²) in [6.07, 6.45) is -0.512. The maximum Gasteiger partial charge on any atom is 0.263 e. The first-order valence-electron chi connectivity index (χ1n) is 10.1. The van der Waals surface area contributed by atoms with E-state index in [0.717, 1.165) is 11.5 Å². The van der Waals surface area contributed by atoms with E-state index in [2.05, 4.69) is 20.4 Å². The Morgan fingerprint density at radius 1 is 0.900 bits per heavy atom. The number of carbonyl (C=O) groups is 1. The molecule has 1 aliphatic rings. The van der Waals surface area contributed by atoms with Crippen molar-refractivity contribution in [2.45, 2.75) is 13.0 Å². The Kier molecular flexibility index (Phi) is 6.08. The molecule has 154 valence electrons. The number of rotatable bonds is 6. The van der Waals surface area contributed by atoms with Gasteiger partial charge in [0.1, 0.15) is 5.75 Å². The Morgan fingerprint density at radius 2 is 1.57 bits per heavy atom. The van der Waals surface area contributed by atoms with Gasteiger partial charge < -0.3 is 19.9 Å². The van der Waals surface area contributed by atoms with Gasteiger partial charge in [0, 0.05) is 31.9 Å². The molecule has 0 radical (unpaired) electrons. The third kappa shape index (κ3) is 4.86. The Morgan fingerprint density at radius 3 is 2.20 bits per heavy atom. The van der Waals surface area contributed by atoms with Crippen molar-refractivity contribution < 1.29 is 9.53 Å². The first kappa shape index (κ1) is 19.7. The van der Waals surface area contributed by atoms with Crippen LogP contribution in [0, 0.1) is 0 Å². The molecule has 3 aromatic rings. The van der Waals surface area contributed by atoms with Gasteiger partial charge in [0.2, 0.25) is 0 Å². The van der Waals surface area contributed by atoms with Gasteiger partial charge in [-0.15, -0.1) is 10.2 Å². The molecule has 7 heteroatoms. The molecule has 1 aliphatic heterocycles. The number of ether oxygens (including phenoxy) is 1. The molecule has 2 aromatic carbocycles. The third-order valence-electron chi connectivity index (χ3n) is 5.02. The second-order valence-electron chi connectivity index (χ2n) is 7.15. The van der Waals surface area contributed by atoms with Gasteiger partial charge in [0.05, 0.1) is 0 Å². The van der Waals surface area contributed by atoms with E-state index in [1.54, 1.807) is 6.92 Å². The van der Waals surface area contributed by atoms with Gasteiger partial charge in [-0.1, -0.05) is 36.4 Å². The molecule has 30 heavy (non-hydrogen) atoms. The molecule has 2 heterocycles. The number of piperazine rings is 1. The van der Waals surface area contributed by atoms with E-state index in [-0.39, 0.29) is 5.91 Å². The van der Waals surface area contributed by atoms with Crippen molar-refractivity contribution >= 4 is 23.2 Å². The van der Waals surface area contributed by atoms with Gasteiger partial charge >= 0.3 is 0 Å². The second-order valence-corrected chi connectivity index (χ2v) is 7.15. The van der Waals surface area contributed by atoms with Crippen LogP contribution < -0.4 is 15.0 Å². The molecule has 1 fully saturated rings. The Labute approximate surface area is 176 Å². The molecule has 0 saturated carbocycles. The van der Waals surface area contributed by atoms with Gasteiger partial charge in [-0.25, -0.2) is 0 Å². The molecular formula is C23H25N5O2. The van der Waals surface area contributed by atoms with E-state index in [4.69, 9.17) is 4.74 Å². The van der Waals surface area contributed by atoms with Crippen LogP contribution in [-0.4, -0.2) is 53.3 Å². The zero-order valence-corrected chi connectivity index (χ0v) is 16.9. The molecule has 0 aliphatic carbocycles. The highest BCUT2D eigenvalue weighted by Crippen LogP contribution is 2.18. The number of benzene rings is 2. The van der Waals surface area contributed by atoms with Crippen LogP contribution in [0.4, 0.5) is 17.3 Å². The molecular weight excluding hydrogens is 378 g/mol. The zero-order valence-electron chi connectivity index (χ0n) is 16.9. The highest BCUT2D eigenvalue weighted by atomic mass is 16.5. The number of hydrogen-bond acceptors (Lipinski definition) is 6. The van der Waals surface area contributed by atoms with Gasteiger partial charge in [0.15, 0.2) is 17.7 Å². The Balaban J connectivity index is 1.29. The predicted molar refractivity (Wildman–Crippen MR) is 117 cm³/mol. The highest BCUT2D eigenvalue weighted by Gasteiger charge is 2.26. The van der Waals surface area contributed by atoms with Crippen molar-refractivity contribution in [2.75, 3.05) is 36.4 Å². The molecule has 4 rings (SSSR count). The molecule has 1 aromatic heterocycles. The van der Waals surface area contributed by atoms with Crippen LogP contribution in [0.25, 0.3) is 0 Å². The number of para-hydroxylation sites is 2. The fourth-order valence-corrected chi connectivity index (χ4v) is 3.40.